The smallest absolute Gasteiger partial charge is 0.237 e. The number of amides is 2. The minimum Gasteiger partial charge on any atom is -0.495 e. The Hall–Kier alpha value is -2.18. The largest absolute Gasteiger partial charge is 0.495 e. The molecule has 1 unspecified atom stereocenters. The second-order valence-corrected chi connectivity index (χ2v) is 7.42. The van der Waals surface area contributed by atoms with Gasteiger partial charge in [-0.25, -0.2) is 0 Å². The standard InChI is InChI=1S/C19H21ClN2O3S/c1-12-8-9-14(20)10-16(12)22-19(24)13(2)26-11-18(23)21-15-6-4-5-7-17(15)25-3/h4-10,13H,11H2,1-3H3,(H,21,23)(H,22,24). The van der Waals surface area contributed by atoms with Crippen LogP contribution >= 0.6 is 23.4 Å². The second-order valence-electron chi connectivity index (χ2n) is 5.65. The molecule has 0 aromatic heterocycles. The lowest BCUT2D eigenvalue weighted by atomic mass is 10.2. The summed E-state index contributed by atoms with van der Waals surface area (Å²) in [5.41, 5.74) is 2.20. The van der Waals surface area contributed by atoms with Crippen LogP contribution in [0, 0.1) is 6.92 Å². The van der Waals surface area contributed by atoms with Gasteiger partial charge in [-0.1, -0.05) is 29.8 Å². The number of para-hydroxylation sites is 2. The monoisotopic (exact) mass is 392 g/mol. The lowest BCUT2D eigenvalue weighted by molar-refractivity contribution is -0.115. The Bertz CT molecular complexity index is 798. The lowest BCUT2D eigenvalue weighted by Crippen LogP contribution is -2.25. The van der Waals surface area contributed by atoms with Crippen molar-refractivity contribution in [3.8, 4) is 5.75 Å². The number of halogens is 1. The number of nitrogens with one attached hydrogen (secondary N) is 2. The van der Waals surface area contributed by atoms with E-state index in [1.807, 2.05) is 25.1 Å². The van der Waals surface area contributed by atoms with Gasteiger partial charge in [0, 0.05) is 10.7 Å². The topological polar surface area (TPSA) is 67.4 Å². The van der Waals surface area contributed by atoms with Crippen LogP contribution in [0.3, 0.4) is 0 Å². The molecule has 2 amide bonds. The number of anilines is 2. The molecule has 7 heteroatoms. The van der Waals surface area contributed by atoms with E-state index in [1.54, 1.807) is 38.3 Å². The molecule has 2 aromatic rings. The zero-order valence-electron chi connectivity index (χ0n) is 14.8. The first-order valence-corrected chi connectivity index (χ1v) is 9.45. The summed E-state index contributed by atoms with van der Waals surface area (Å²) in [6, 6.07) is 12.5. The van der Waals surface area contributed by atoms with Crippen LogP contribution in [0.15, 0.2) is 42.5 Å². The third-order valence-corrected chi connectivity index (χ3v) is 5.05. The van der Waals surface area contributed by atoms with E-state index in [1.165, 1.54) is 11.8 Å². The van der Waals surface area contributed by atoms with Crippen LogP contribution in [0.25, 0.3) is 0 Å². The predicted molar refractivity (Wildman–Crippen MR) is 108 cm³/mol. The van der Waals surface area contributed by atoms with Crippen molar-refractivity contribution in [1.82, 2.24) is 0 Å². The Labute approximate surface area is 162 Å². The van der Waals surface area contributed by atoms with Gasteiger partial charge in [-0.2, -0.15) is 0 Å². The molecule has 1 atom stereocenters. The lowest BCUT2D eigenvalue weighted by Gasteiger charge is -2.14. The van der Waals surface area contributed by atoms with Gasteiger partial charge in [0.05, 0.1) is 23.8 Å². The van der Waals surface area contributed by atoms with Crippen LogP contribution in [-0.4, -0.2) is 29.9 Å². The van der Waals surface area contributed by atoms with Crippen molar-refractivity contribution < 1.29 is 14.3 Å². The maximum atomic E-state index is 12.3. The minimum atomic E-state index is -0.392. The maximum Gasteiger partial charge on any atom is 0.237 e. The van der Waals surface area contributed by atoms with Gasteiger partial charge >= 0.3 is 0 Å². The molecule has 2 aromatic carbocycles. The van der Waals surface area contributed by atoms with Gasteiger partial charge in [0.25, 0.3) is 0 Å². The zero-order chi connectivity index (χ0) is 19.1. The number of carbonyl (C=O) groups excluding carboxylic acids is 2. The van der Waals surface area contributed by atoms with Crippen molar-refractivity contribution in [1.29, 1.82) is 0 Å². The Morgan fingerprint density at radius 3 is 2.62 bits per heavy atom. The van der Waals surface area contributed by atoms with E-state index in [4.69, 9.17) is 16.3 Å². The summed E-state index contributed by atoms with van der Waals surface area (Å²) >= 11 is 7.22. The van der Waals surface area contributed by atoms with Crippen LogP contribution in [0.5, 0.6) is 5.75 Å². The van der Waals surface area contributed by atoms with E-state index < -0.39 is 5.25 Å². The molecule has 26 heavy (non-hydrogen) atoms. The van der Waals surface area contributed by atoms with Crippen molar-refractivity contribution >= 4 is 46.6 Å². The predicted octanol–water partition coefficient (Wildman–Crippen LogP) is 4.36. The molecule has 5 nitrogen and oxygen atoms in total. The average Bonchev–Trinajstić information content (AvgIpc) is 2.63. The molecule has 2 rings (SSSR count). The summed E-state index contributed by atoms with van der Waals surface area (Å²) in [7, 11) is 1.55. The number of carbonyl (C=O) groups is 2. The van der Waals surface area contributed by atoms with E-state index in [9.17, 15) is 9.59 Å². The summed E-state index contributed by atoms with van der Waals surface area (Å²) < 4.78 is 5.20. The molecule has 0 saturated carbocycles. The van der Waals surface area contributed by atoms with Crippen LogP contribution in [0.1, 0.15) is 12.5 Å². The number of thioether (sulfide) groups is 1. The summed E-state index contributed by atoms with van der Waals surface area (Å²) in [6.07, 6.45) is 0. The van der Waals surface area contributed by atoms with Gasteiger partial charge in [-0.3, -0.25) is 9.59 Å². The van der Waals surface area contributed by atoms with Gasteiger partial charge in [-0.15, -0.1) is 11.8 Å². The van der Waals surface area contributed by atoms with Gasteiger partial charge in [-0.05, 0) is 43.7 Å². The number of methoxy groups -OCH3 is 1. The molecule has 138 valence electrons. The molecule has 0 aliphatic heterocycles. The normalized spacial score (nSPS) is 11.5. The van der Waals surface area contributed by atoms with E-state index in [0.29, 0.717) is 22.1 Å². The van der Waals surface area contributed by atoms with Crippen LogP contribution in [0.4, 0.5) is 11.4 Å². The number of benzene rings is 2. The number of hydrogen-bond acceptors (Lipinski definition) is 4. The summed E-state index contributed by atoms with van der Waals surface area (Å²) in [4.78, 5) is 24.4. The molecule has 0 aliphatic rings. The van der Waals surface area contributed by atoms with Gasteiger partial charge in [0.2, 0.25) is 11.8 Å². The highest BCUT2D eigenvalue weighted by Crippen LogP contribution is 2.24. The minimum absolute atomic E-state index is 0.154. The van der Waals surface area contributed by atoms with Crippen molar-refractivity contribution in [2.75, 3.05) is 23.5 Å². The molecule has 0 radical (unpaired) electrons. The first kappa shape index (κ1) is 20.1. The second kappa shape index (κ2) is 9.50. The number of rotatable bonds is 7. The van der Waals surface area contributed by atoms with E-state index in [0.717, 1.165) is 5.56 Å². The van der Waals surface area contributed by atoms with Crippen LogP contribution < -0.4 is 15.4 Å². The van der Waals surface area contributed by atoms with Crippen LogP contribution in [-0.2, 0) is 9.59 Å². The quantitative estimate of drug-likeness (QED) is 0.734. The van der Waals surface area contributed by atoms with Gasteiger partial charge in [0.15, 0.2) is 0 Å². The third kappa shape index (κ3) is 5.68. The first-order valence-electron chi connectivity index (χ1n) is 8.02. The highest BCUT2D eigenvalue weighted by molar-refractivity contribution is 8.01. The molecule has 0 fully saturated rings. The molecule has 0 aliphatic carbocycles. The molecule has 2 N–H and O–H groups in total. The van der Waals surface area contributed by atoms with Crippen molar-refractivity contribution in [2.45, 2.75) is 19.1 Å². The summed E-state index contributed by atoms with van der Waals surface area (Å²) in [5.74, 6) is 0.373. The van der Waals surface area contributed by atoms with Crippen molar-refractivity contribution in [3.63, 3.8) is 0 Å². The fraction of sp³-hybridized carbons (Fsp3) is 0.263. The third-order valence-electron chi connectivity index (χ3n) is 3.67. The molecule has 0 saturated heterocycles. The fourth-order valence-corrected chi connectivity index (χ4v) is 3.03. The molecule has 0 spiro atoms. The highest BCUT2D eigenvalue weighted by atomic mass is 35.5. The van der Waals surface area contributed by atoms with E-state index in [2.05, 4.69) is 10.6 Å². The Kier molecular flexibility index (Phi) is 7.36. The Morgan fingerprint density at radius 2 is 1.88 bits per heavy atom. The fourth-order valence-electron chi connectivity index (χ4n) is 2.17. The number of ether oxygens (including phenoxy) is 1. The summed E-state index contributed by atoms with van der Waals surface area (Å²) in [5, 5.41) is 5.80. The van der Waals surface area contributed by atoms with Gasteiger partial charge in [0.1, 0.15) is 5.75 Å². The Balaban J connectivity index is 1.87. The zero-order valence-corrected chi connectivity index (χ0v) is 16.4. The van der Waals surface area contributed by atoms with E-state index in [-0.39, 0.29) is 17.6 Å². The Morgan fingerprint density at radius 1 is 1.15 bits per heavy atom. The van der Waals surface area contributed by atoms with Crippen molar-refractivity contribution in [2.24, 2.45) is 0 Å². The van der Waals surface area contributed by atoms with Crippen molar-refractivity contribution in [3.05, 3.63) is 53.1 Å². The maximum absolute atomic E-state index is 12.3. The molecule has 0 bridgehead atoms. The van der Waals surface area contributed by atoms with Gasteiger partial charge < -0.3 is 15.4 Å². The molecular weight excluding hydrogens is 372 g/mol. The average molecular weight is 393 g/mol. The SMILES string of the molecule is COc1ccccc1NC(=O)CSC(C)C(=O)Nc1cc(Cl)ccc1C. The first-order chi connectivity index (χ1) is 12.4. The van der Waals surface area contributed by atoms with E-state index >= 15 is 0 Å². The summed E-state index contributed by atoms with van der Waals surface area (Å²) in [6.45, 7) is 3.65. The molecular formula is C19H21ClN2O3S. The number of hydrogen-bond donors (Lipinski definition) is 2. The number of aryl methyl sites for hydroxylation is 1. The highest BCUT2D eigenvalue weighted by Gasteiger charge is 2.17. The molecule has 0 heterocycles. The van der Waals surface area contributed by atoms with Crippen LogP contribution in [0.2, 0.25) is 5.02 Å².